The zero-order valence-electron chi connectivity index (χ0n) is 15.9. The third-order valence-corrected chi connectivity index (χ3v) is 4.11. The Kier molecular flexibility index (Phi) is 7.53. The van der Waals surface area contributed by atoms with E-state index in [1.165, 1.54) is 10.7 Å². The van der Waals surface area contributed by atoms with Crippen LogP contribution in [0.2, 0.25) is 0 Å². The van der Waals surface area contributed by atoms with Crippen LogP contribution in [0.1, 0.15) is 25.3 Å². The fourth-order valence-corrected chi connectivity index (χ4v) is 2.70. The molecule has 6 nitrogen and oxygen atoms in total. The van der Waals surface area contributed by atoms with Crippen molar-refractivity contribution in [2.45, 2.75) is 32.7 Å². The number of nitrogens with zero attached hydrogens (tertiary/aromatic N) is 3. The van der Waals surface area contributed by atoms with E-state index in [-0.39, 0.29) is 11.5 Å². The lowest BCUT2D eigenvalue weighted by molar-refractivity contribution is -0.120. The number of aromatic nitrogens is 2. The van der Waals surface area contributed by atoms with Gasteiger partial charge in [0.2, 0.25) is 5.91 Å². The quantitative estimate of drug-likeness (QED) is 0.697. The highest BCUT2D eigenvalue weighted by atomic mass is 16.1. The minimum absolute atomic E-state index is 0.0264. The predicted octanol–water partition coefficient (Wildman–Crippen LogP) is 1.93. The van der Waals surface area contributed by atoms with E-state index in [4.69, 9.17) is 0 Å². The molecule has 0 unspecified atom stereocenters. The van der Waals surface area contributed by atoms with E-state index >= 15 is 0 Å². The summed E-state index contributed by atoms with van der Waals surface area (Å²) in [6.45, 7) is 4.15. The van der Waals surface area contributed by atoms with Gasteiger partial charge in [0.05, 0.1) is 12.1 Å². The summed E-state index contributed by atoms with van der Waals surface area (Å²) in [4.78, 5) is 25.9. The van der Waals surface area contributed by atoms with Gasteiger partial charge in [-0.1, -0.05) is 18.2 Å². The van der Waals surface area contributed by atoms with Gasteiger partial charge in [0.15, 0.2) is 0 Å². The van der Waals surface area contributed by atoms with Crippen LogP contribution in [0.5, 0.6) is 0 Å². The maximum Gasteiger partial charge on any atom is 0.266 e. The van der Waals surface area contributed by atoms with Crippen molar-refractivity contribution in [3.05, 3.63) is 52.3 Å². The van der Waals surface area contributed by atoms with Crippen LogP contribution in [0.15, 0.2) is 41.2 Å². The van der Waals surface area contributed by atoms with E-state index in [2.05, 4.69) is 15.3 Å². The zero-order valence-corrected chi connectivity index (χ0v) is 15.9. The highest BCUT2D eigenvalue weighted by Crippen LogP contribution is 2.17. The molecule has 0 fully saturated rings. The van der Waals surface area contributed by atoms with Crippen LogP contribution >= 0.6 is 0 Å². The molecule has 2 rings (SSSR count). The monoisotopic (exact) mass is 356 g/mol. The van der Waals surface area contributed by atoms with E-state index in [1.807, 2.05) is 45.3 Å². The van der Waals surface area contributed by atoms with Crippen molar-refractivity contribution in [3.8, 4) is 11.3 Å². The summed E-state index contributed by atoms with van der Waals surface area (Å²) < 4.78 is 1.43. The van der Waals surface area contributed by atoms with E-state index in [0.717, 1.165) is 36.2 Å². The van der Waals surface area contributed by atoms with Gasteiger partial charge >= 0.3 is 0 Å². The average Bonchev–Trinajstić information content (AvgIpc) is 2.61. The number of carbonyl (C=O) groups is 1. The van der Waals surface area contributed by atoms with Crippen LogP contribution in [0.3, 0.4) is 0 Å². The normalized spacial score (nSPS) is 10.9. The number of hydrogen-bond donors (Lipinski definition) is 1. The lowest BCUT2D eigenvalue weighted by atomic mass is 10.1. The Hall–Kier alpha value is -2.47. The van der Waals surface area contributed by atoms with Crippen LogP contribution in [-0.2, 0) is 17.8 Å². The second-order valence-corrected chi connectivity index (χ2v) is 6.61. The molecule has 0 radical (unpaired) electrons. The average molecular weight is 356 g/mol. The van der Waals surface area contributed by atoms with Gasteiger partial charge in [-0.25, -0.2) is 4.68 Å². The molecular formula is C20H28N4O2. The SMILES string of the molecule is CCn1nc(-c2cccc(CC(=O)NCCCCN(C)C)c2)ccc1=O. The molecule has 1 aromatic heterocycles. The Bertz CT molecular complexity index is 783. The molecule has 0 saturated heterocycles. The molecule has 1 aromatic carbocycles. The summed E-state index contributed by atoms with van der Waals surface area (Å²) in [5.41, 5.74) is 2.46. The second kappa shape index (κ2) is 9.87. The first-order chi connectivity index (χ1) is 12.5. The van der Waals surface area contributed by atoms with E-state index < -0.39 is 0 Å². The summed E-state index contributed by atoms with van der Waals surface area (Å²) in [6, 6.07) is 11.0. The van der Waals surface area contributed by atoms with Crippen molar-refractivity contribution in [1.29, 1.82) is 0 Å². The molecule has 0 aliphatic carbocycles. The largest absolute Gasteiger partial charge is 0.356 e. The summed E-state index contributed by atoms with van der Waals surface area (Å²) in [5.74, 6) is 0.0264. The maximum absolute atomic E-state index is 12.1. The van der Waals surface area contributed by atoms with Crippen molar-refractivity contribution < 1.29 is 4.79 Å². The summed E-state index contributed by atoms with van der Waals surface area (Å²) in [6.07, 6.45) is 2.39. The minimum atomic E-state index is -0.110. The maximum atomic E-state index is 12.1. The zero-order chi connectivity index (χ0) is 18.9. The van der Waals surface area contributed by atoms with Crippen molar-refractivity contribution >= 4 is 5.91 Å². The molecule has 1 heterocycles. The number of carbonyl (C=O) groups excluding carboxylic acids is 1. The number of benzene rings is 1. The molecule has 6 heteroatoms. The molecular weight excluding hydrogens is 328 g/mol. The Balaban J connectivity index is 1.94. The van der Waals surface area contributed by atoms with Crippen molar-refractivity contribution in [2.75, 3.05) is 27.2 Å². The highest BCUT2D eigenvalue weighted by molar-refractivity contribution is 5.79. The van der Waals surface area contributed by atoms with Crippen LogP contribution in [-0.4, -0.2) is 47.8 Å². The van der Waals surface area contributed by atoms with Gasteiger partial charge in [-0.3, -0.25) is 9.59 Å². The molecule has 26 heavy (non-hydrogen) atoms. The predicted molar refractivity (Wildman–Crippen MR) is 104 cm³/mol. The Labute approximate surface area is 154 Å². The molecule has 2 aromatic rings. The van der Waals surface area contributed by atoms with Gasteiger partial charge in [0.25, 0.3) is 5.56 Å². The summed E-state index contributed by atoms with van der Waals surface area (Å²) in [5, 5.41) is 7.34. The molecule has 1 N–H and O–H groups in total. The van der Waals surface area contributed by atoms with Crippen molar-refractivity contribution in [2.24, 2.45) is 0 Å². The van der Waals surface area contributed by atoms with Gasteiger partial charge in [0.1, 0.15) is 0 Å². The van der Waals surface area contributed by atoms with E-state index in [0.29, 0.717) is 19.5 Å². The van der Waals surface area contributed by atoms with Gasteiger partial charge < -0.3 is 10.2 Å². The van der Waals surface area contributed by atoms with Gasteiger partial charge in [-0.05, 0) is 58.1 Å². The molecule has 140 valence electrons. The molecule has 0 aliphatic rings. The number of unbranched alkanes of at least 4 members (excludes halogenated alkanes) is 1. The highest BCUT2D eigenvalue weighted by Gasteiger charge is 2.07. The standard InChI is InChI=1S/C20H28N4O2/c1-4-24-20(26)11-10-18(22-24)17-9-7-8-16(14-17)15-19(25)21-12-5-6-13-23(2)3/h7-11,14H,4-6,12-13,15H2,1-3H3,(H,21,25). The van der Waals surface area contributed by atoms with E-state index in [9.17, 15) is 9.59 Å². The van der Waals surface area contributed by atoms with E-state index in [1.54, 1.807) is 6.07 Å². The lowest BCUT2D eigenvalue weighted by Crippen LogP contribution is -2.26. The molecule has 0 aliphatic heterocycles. The Morgan fingerprint density at radius 3 is 2.73 bits per heavy atom. The molecule has 0 atom stereocenters. The van der Waals surface area contributed by atoms with Gasteiger partial charge in [-0.2, -0.15) is 5.10 Å². The summed E-state index contributed by atoms with van der Waals surface area (Å²) in [7, 11) is 4.10. The first-order valence-corrected chi connectivity index (χ1v) is 9.08. The fraction of sp³-hybridized carbons (Fsp3) is 0.450. The first-order valence-electron chi connectivity index (χ1n) is 9.08. The smallest absolute Gasteiger partial charge is 0.266 e. The third kappa shape index (κ3) is 6.11. The van der Waals surface area contributed by atoms with Crippen molar-refractivity contribution in [1.82, 2.24) is 20.0 Å². The van der Waals surface area contributed by atoms with Crippen molar-refractivity contribution in [3.63, 3.8) is 0 Å². The molecule has 0 bridgehead atoms. The summed E-state index contributed by atoms with van der Waals surface area (Å²) >= 11 is 0. The Morgan fingerprint density at radius 2 is 2.00 bits per heavy atom. The number of nitrogens with one attached hydrogen (secondary N) is 1. The fourth-order valence-electron chi connectivity index (χ4n) is 2.70. The topological polar surface area (TPSA) is 67.2 Å². The number of rotatable bonds is 9. The van der Waals surface area contributed by atoms with Gasteiger partial charge in [0, 0.05) is 24.7 Å². The van der Waals surface area contributed by atoms with Gasteiger partial charge in [-0.15, -0.1) is 0 Å². The Morgan fingerprint density at radius 1 is 1.19 bits per heavy atom. The number of hydrogen-bond acceptors (Lipinski definition) is 4. The van der Waals surface area contributed by atoms with Crippen LogP contribution in [0, 0.1) is 0 Å². The lowest BCUT2D eigenvalue weighted by Gasteiger charge is -2.10. The van der Waals surface area contributed by atoms with Crippen LogP contribution < -0.4 is 10.9 Å². The number of aryl methyl sites for hydroxylation is 1. The molecule has 1 amide bonds. The van der Waals surface area contributed by atoms with Crippen LogP contribution in [0.25, 0.3) is 11.3 Å². The number of amides is 1. The first kappa shape index (κ1) is 19.8. The third-order valence-electron chi connectivity index (χ3n) is 4.11. The minimum Gasteiger partial charge on any atom is -0.356 e. The molecule has 0 saturated carbocycles. The molecule has 0 spiro atoms. The second-order valence-electron chi connectivity index (χ2n) is 6.61. The van der Waals surface area contributed by atoms with Crippen LogP contribution in [0.4, 0.5) is 0 Å².